The van der Waals surface area contributed by atoms with Gasteiger partial charge in [-0.3, -0.25) is 4.79 Å². The maximum atomic E-state index is 12.9. The molecule has 0 aromatic heterocycles. The summed E-state index contributed by atoms with van der Waals surface area (Å²) in [5.74, 6) is -0.414. The Hall–Kier alpha value is -2.38. The number of rotatable bonds is 8. The van der Waals surface area contributed by atoms with Gasteiger partial charge >= 0.3 is 0 Å². The average Bonchev–Trinajstić information content (AvgIpc) is 2.75. The zero-order valence-electron chi connectivity index (χ0n) is 16.8. The van der Waals surface area contributed by atoms with E-state index >= 15 is 0 Å². The lowest BCUT2D eigenvalue weighted by atomic mass is 9.99. The number of nitrogens with one attached hydrogen (secondary N) is 1. The van der Waals surface area contributed by atoms with Crippen LogP contribution in [0.15, 0.2) is 78.9 Å². The van der Waals surface area contributed by atoms with Crippen molar-refractivity contribution in [1.82, 2.24) is 9.62 Å². The summed E-state index contributed by atoms with van der Waals surface area (Å²) in [7, 11) is -3.65. The molecule has 3 aromatic carbocycles. The van der Waals surface area contributed by atoms with Crippen LogP contribution in [-0.2, 0) is 21.4 Å². The molecule has 0 unspecified atom stereocenters. The number of nitrogens with zero attached hydrogens (tertiary/aromatic N) is 1. The molecule has 0 heterocycles. The first-order chi connectivity index (χ1) is 14.7. The van der Waals surface area contributed by atoms with Gasteiger partial charge in [-0.1, -0.05) is 89.9 Å². The molecule has 162 valence electrons. The van der Waals surface area contributed by atoms with E-state index in [0.717, 1.165) is 21.7 Å². The minimum atomic E-state index is -3.65. The Bertz CT molecular complexity index is 1100. The summed E-state index contributed by atoms with van der Waals surface area (Å²) in [6.45, 7) is -0.320. The van der Waals surface area contributed by atoms with Crippen molar-refractivity contribution in [2.45, 2.75) is 12.6 Å². The first kappa shape index (κ1) is 23.3. The van der Waals surface area contributed by atoms with Gasteiger partial charge in [0.25, 0.3) is 0 Å². The fraction of sp³-hybridized carbons (Fsp3) is 0.174. The summed E-state index contributed by atoms with van der Waals surface area (Å²) in [6.07, 6.45) is 1.07. The molecule has 0 bridgehead atoms. The van der Waals surface area contributed by atoms with Crippen molar-refractivity contribution in [3.8, 4) is 0 Å². The van der Waals surface area contributed by atoms with Gasteiger partial charge in [-0.2, -0.15) is 4.31 Å². The lowest BCUT2D eigenvalue weighted by Gasteiger charge is -2.23. The third-order valence-corrected chi connectivity index (χ3v) is 6.64. The van der Waals surface area contributed by atoms with E-state index in [4.69, 9.17) is 23.2 Å². The fourth-order valence-electron chi connectivity index (χ4n) is 3.15. The van der Waals surface area contributed by atoms with Gasteiger partial charge in [-0.25, -0.2) is 8.42 Å². The van der Waals surface area contributed by atoms with Crippen LogP contribution in [0, 0.1) is 0 Å². The topological polar surface area (TPSA) is 66.5 Å². The Labute approximate surface area is 192 Å². The number of hydrogen-bond donors (Lipinski definition) is 1. The molecule has 0 atom stereocenters. The minimum absolute atomic E-state index is 0.00445. The van der Waals surface area contributed by atoms with Gasteiger partial charge in [-0.15, -0.1) is 0 Å². The smallest absolute Gasteiger partial charge is 0.236 e. The molecule has 0 radical (unpaired) electrons. The van der Waals surface area contributed by atoms with Crippen LogP contribution in [0.1, 0.15) is 22.7 Å². The van der Waals surface area contributed by atoms with Crippen LogP contribution in [-0.4, -0.2) is 31.4 Å². The zero-order valence-corrected chi connectivity index (χ0v) is 19.2. The number of amides is 1. The largest absolute Gasteiger partial charge is 0.344 e. The molecular weight excluding hydrogens is 455 g/mol. The van der Waals surface area contributed by atoms with Crippen molar-refractivity contribution >= 4 is 39.1 Å². The highest BCUT2D eigenvalue weighted by atomic mass is 35.5. The van der Waals surface area contributed by atoms with Gasteiger partial charge in [0.05, 0.1) is 28.9 Å². The van der Waals surface area contributed by atoms with Gasteiger partial charge in [0.15, 0.2) is 0 Å². The van der Waals surface area contributed by atoms with E-state index < -0.39 is 22.0 Å². The summed E-state index contributed by atoms with van der Waals surface area (Å²) < 4.78 is 25.8. The Balaban J connectivity index is 1.80. The van der Waals surface area contributed by atoms with Crippen LogP contribution < -0.4 is 5.32 Å². The highest BCUT2D eigenvalue weighted by Crippen LogP contribution is 2.24. The van der Waals surface area contributed by atoms with Crippen molar-refractivity contribution in [3.63, 3.8) is 0 Å². The Morgan fingerprint density at radius 3 is 1.94 bits per heavy atom. The van der Waals surface area contributed by atoms with Crippen molar-refractivity contribution < 1.29 is 13.2 Å². The zero-order chi connectivity index (χ0) is 22.4. The van der Waals surface area contributed by atoms with Gasteiger partial charge < -0.3 is 5.32 Å². The van der Waals surface area contributed by atoms with Crippen LogP contribution in [0.2, 0.25) is 10.0 Å². The fourth-order valence-corrected chi connectivity index (χ4v) is 4.20. The third-order valence-electron chi connectivity index (χ3n) is 4.70. The lowest BCUT2D eigenvalue weighted by Crippen LogP contribution is -2.41. The van der Waals surface area contributed by atoms with E-state index in [9.17, 15) is 13.2 Å². The second-order valence-electron chi connectivity index (χ2n) is 7.10. The summed E-state index contributed by atoms with van der Waals surface area (Å²) in [5, 5.41) is 3.67. The molecule has 3 rings (SSSR count). The van der Waals surface area contributed by atoms with Crippen molar-refractivity contribution in [3.05, 3.63) is 106 Å². The third kappa shape index (κ3) is 6.55. The van der Waals surface area contributed by atoms with Gasteiger partial charge in [0, 0.05) is 6.54 Å². The highest BCUT2D eigenvalue weighted by molar-refractivity contribution is 7.88. The minimum Gasteiger partial charge on any atom is -0.344 e. The van der Waals surface area contributed by atoms with Crippen molar-refractivity contribution in [1.29, 1.82) is 0 Å². The molecule has 1 N–H and O–H groups in total. The molecular formula is C23H22Cl2N2O3S. The molecule has 0 aliphatic rings. The number of carbonyl (C=O) groups is 1. The maximum absolute atomic E-state index is 12.9. The predicted octanol–water partition coefficient (Wildman–Crippen LogP) is 4.66. The number of hydrogen-bond acceptors (Lipinski definition) is 3. The van der Waals surface area contributed by atoms with Gasteiger partial charge in [-0.05, 0) is 28.8 Å². The quantitative estimate of drug-likeness (QED) is 0.513. The highest BCUT2D eigenvalue weighted by Gasteiger charge is 2.23. The van der Waals surface area contributed by atoms with Crippen LogP contribution >= 0.6 is 23.2 Å². The van der Waals surface area contributed by atoms with Crippen LogP contribution in [0.5, 0.6) is 0 Å². The summed E-state index contributed by atoms with van der Waals surface area (Å²) in [6, 6.07) is 23.5. The molecule has 3 aromatic rings. The summed E-state index contributed by atoms with van der Waals surface area (Å²) in [5.41, 5.74) is 2.44. The van der Waals surface area contributed by atoms with Crippen molar-refractivity contribution in [2.75, 3.05) is 12.8 Å². The lowest BCUT2D eigenvalue weighted by molar-refractivity contribution is -0.121. The van der Waals surface area contributed by atoms with Gasteiger partial charge in [0.1, 0.15) is 0 Å². The molecule has 0 fully saturated rings. The molecule has 31 heavy (non-hydrogen) atoms. The molecule has 8 heteroatoms. The number of halogens is 2. The van der Waals surface area contributed by atoms with E-state index in [0.29, 0.717) is 15.6 Å². The molecule has 0 aliphatic heterocycles. The Morgan fingerprint density at radius 2 is 1.45 bits per heavy atom. The number of benzene rings is 3. The van der Waals surface area contributed by atoms with E-state index in [-0.39, 0.29) is 13.1 Å². The number of carbonyl (C=O) groups excluding carboxylic acids is 1. The monoisotopic (exact) mass is 476 g/mol. The molecule has 0 aliphatic carbocycles. The van der Waals surface area contributed by atoms with Crippen LogP contribution in [0.4, 0.5) is 0 Å². The molecule has 0 saturated heterocycles. The summed E-state index contributed by atoms with van der Waals surface area (Å²) >= 11 is 12.0. The number of sulfonamides is 1. The Kier molecular flexibility index (Phi) is 7.73. The Morgan fingerprint density at radius 1 is 0.903 bits per heavy atom. The predicted molar refractivity (Wildman–Crippen MR) is 125 cm³/mol. The van der Waals surface area contributed by atoms with Crippen LogP contribution in [0.3, 0.4) is 0 Å². The average molecular weight is 477 g/mol. The molecule has 0 saturated carbocycles. The SMILES string of the molecule is CS(=O)(=O)N(CC(=O)NC(c1ccccc1)c1ccccc1)Cc1ccc(Cl)c(Cl)c1. The molecule has 1 amide bonds. The molecule has 5 nitrogen and oxygen atoms in total. The standard InChI is InChI=1S/C23H22Cl2N2O3S/c1-31(29,30)27(15-17-12-13-20(24)21(25)14-17)16-22(28)26-23(18-8-4-2-5-9-18)19-10-6-3-7-11-19/h2-14,23H,15-16H2,1H3,(H,26,28). The summed E-state index contributed by atoms with van der Waals surface area (Å²) in [4.78, 5) is 12.9. The second-order valence-corrected chi connectivity index (χ2v) is 9.90. The first-order valence-corrected chi connectivity index (χ1v) is 12.1. The van der Waals surface area contributed by atoms with E-state index in [1.54, 1.807) is 18.2 Å². The second kappa shape index (κ2) is 10.3. The normalized spacial score (nSPS) is 11.6. The van der Waals surface area contributed by atoms with Crippen molar-refractivity contribution in [2.24, 2.45) is 0 Å². The first-order valence-electron chi connectivity index (χ1n) is 9.52. The van der Waals surface area contributed by atoms with Gasteiger partial charge in [0.2, 0.25) is 15.9 Å². The van der Waals surface area contributed by atoms with E-state index in [1.807, 2.05) is 60.7 Å². The van der Waals surface area contributed by atoms with E-state index in [1.165, 1.54) is 0 Å². The molecule has 0 spiro atoms. The maximum Gasteiger partial charge on any atom is 0.236 e. The van der Waals surface area contributed by atoms with Crippen LogP contribution in [0.25, 0.3) is 0 Å². The van der Waals surface area contributed by atoms with E-state index in [2.05, 4.69) is 5.32 Å².